The van der Waals surface area contributed by atoms with E-state index in [9.17, 15) is 19.6 Å². The Hall–Kier alpha value is -3.48. The minimum Gasteiger partial charge on any atom is -0.444 e. The molecule has 0 radical (unpaired) electrons. The Labute approximate surface area is 167 Å². The van der Waals surface area contributed by atoms with Crippen LogP contribution in [0, 0.1) is 25.2 Å². The fourth-order valence-corrected chi connectivity index (χ4v) is 2.96. The fraction of sp³-hybridized carbons (Fsp3) is 0.474. The van der Waals surface area contributed by atoms with Crippen molar-refractivity contribution in [3.63, 3.8) is 0 Å². The van der Waals surface area contributed by atoms with Gasteiger partial charge in [-0.25, -0.2) is 4.79 Å². The molecule has 10 heteroatoms. The van der Waals surface area contributed by atoms with Crippen LogP contribution >= 0.6 is 0 Å². The highest BCUT2D eigenvalue weighted by Gasteiger charge is 2.22. The van der Waals surface area contributed by atoms with E-state index < -0.39 is 17.2 Å². The molecule has 0 spiro atoms. The summed E-state index contributed by atoms with van der Waals surface area (Å²) in [6.07, 6.45) is 1.57. The highest BCUT2D eigenvalue weighted by atomic mass is 16.4. The van der Waals surface area contributed by atoms with Crippen LogP contribution in [-0.2, 0) is 11.3 Å². The standard InChI is InChI=1S/C19H26N6O4/c1-5-7-8-25-16(21)15(17(27)23-19(25)28)24(6-2)10-14(26)22-18-13(9-20)11(3)12(4)29-18/h5-8,10,21H2,1-4H3,(H,22,26)(H,23,27,28). The maximum Gasteiger partial charge on any atom is 0.330 e. The summed E-state index contributed by atoms with van der Waals surface area (Å²) in [5.74, 6) is 0.137. The number of nitriles is 1. The van der Waals surface area contributed by atoms with Gasteiger partial charge in [-0.2, -0.15) is 5.26 Å². The first-order valence-corrected chi connectivity index (χ1v) is 9.42. The molecule has 0 bridgehead atoms. The zero-order valence-corrected chi connectivity index (χ0v) is 17.1. The molecule has 0 aliphatic carbocycles. The number of likely N-dealkylation sites (N-methyl/N-ethyl adjacent to an activating group) is 1. The van der Waals surface area contributed by atoms with Crippen LogP contribution < -0.4 is 27.2 Å². The van der Waals surface area contributed by atoms with Crippen molar-refractivity contribution in [2.75, 3.05) is 29.0 Å². The van der Waals surface area contributed by atoms with Crippen LogP contribution in [0.4, 0.5) is 17.4 Å². The molecule has 10 nitrogen and oxygen atoms in total. The summed E-state index contributed by atoms with van der Waals surface area (Å²) in [6, 6.07) is 2.01. The molecule has 0 saturated heterocycles. The van der Waals surface area contributed by atoms with Gasteiger partial charge in [-0.1, -0.05) is 13.3 Å². The van der Waals surface area contributed by atoms with Crippen molar-refractivity contribution in [1.29, 1.82) is 5.26 Å². The largest absolute Gasteiger partial charge is 0.444 e. The van der Waals surface area contributed by atoms with E-state index in [1.165, 1.54) is 9.47 Å². The van der Waals surface area contributed by atoms with Crippen molar-refractivity contribution < 1.29 is 9.21 Å². The van der Waals surface area contributed by atoms with E-state index >= 15 is 0 Å². The van der Waals surface area contributed by atoms with Crippen LogP contribution in [0.5, 0.6) is 0 Å². The number of anilines is 3. The minimum atomic E-state index is -0.655. The second kappa shape index (κ2) is 9.14. The molecule has 0 unspecified atom stereocenters. The molecule has 29 heavy (non-hydrogen) atoms. The molecule has 156 valence electrons. The highest BCUT2D eigenvalue weighted by Crippen LogP contribution is 2.25. The molecule has 2 aromatic heterocycles. The number of hydrogen-bond acceptors (Lipinski definition) is 7. The smallest absolute Gasteiger partial charge is 0.330 e. The van der Waals surface area contributed by atoms with Crippen LogP contribution in [0.1, 0.15) is 43.6 Å². The van der Waals surface area contributed by atoms with Crippen LogP contribution in [-0.4, -0.2) is 28.5 Å². The number of nitrogens with one attached hydrogen (secondary N) is 2. The third-order valence-corrected chi connectivity index (χ3v) is 4.73. The van der Waals surface area contributed by atoms with Crippen LogP contribution in [0.25, 0.3) is 0 Å². The summed E-state index contributed by atoms with van der Waals surface area (Å²) >= 11 is 0. The summed E-state index contributed by atoms with van der Waals surface area (Å²) in [4.78, 5) is 40.8. The Bertz CT molecular complexity index is 1060. The predicted molar refractivity (Wildman–Crippen MR) is 110 cm³/mol. The number of nitrogens with zero attached hydrogens (tertiary/aromatic N) is 3. The summed E-state index contributed by atoms with van der Waals surface area (Å²) in [5.41, 5.74) is 5.84. The monoisotopic (exact) mass is 402 g/mol. The molecular formula is C19H26N6O4. The Morgan fingerprint density at radius 2 is 2.03 bits per heavy atom. The second-order valence-electron chi connectivity index (χ2n) is 6.66. The van der Waals surface area contributed by atoms with Crippen molar-refractivity contribution in [3.8, 4) is 6.07 Å². The SMILES string of the molecule is CCCCn1c(N)c(N(CC)CC(=O)Nc2oc(C)c(C)c2C#N)c(=O)[nH]c1=O. The van der Waals surface area contributed by atoms with E-state index in [0.717, 1.165) is 12.8 Å². The zero-order valence-electron chi connectivity index (χ0n) is 17.1. The average molecular weight is 402 g/mol. The molecule has 2 heterocycles. The number of carbonyl (C=O) groups is 1. The lowest BCUT2D eigenvalue weighted by Crippen LogP contribution is -2.41. The van der Waals surface area contributed by atoms with Gasteiger partial charge in [0.2, 0.25) is 11.8 Å². The maximum atomic E-state index is 12.5. The van der Waals surface area contributed by atoms with Gasteiger partial charge in [0.15, 0.2) is 0 Å². The number of rotatable bonds is 8. The van der Waals surface area contributed by atoms with E-state index in [4.69, 9.17) is 10.2 Å². The minimum absolute atomic E-state index is 0.0178. The number of unbranched alkanes of at least 4 members (excludes halogenated alkanes) is 1. The Morgan fingerprint density at radius 3 is 2.62 bits per heavy atom. The number of nitrogens with two attached hydrogens (primary N) is 1. The van der Waals surface area contributed by atoms with Crippen molar-refractivity contribution in [2.45, 2.75) is 47.1 Å². The number of furan rings is 1. The van der Waals surface area contributed by atoms with Gasteiger partial charge in [0.1, 0.15) is 28.9 Å². The molecule has 0 aromatic carbocycles. The quantitative estimate of drug-likeness (QED) is 0.605. The third kappa shape index (κ3) is 4.51. The number of carbonyl (C=O) groups excluding carboxylic acids is 1. The lowest BCUT2D eigenvalue weighted by Gasteiger charge is -2.24. The zero-order chi connectivity index (χ0) is 21.7. The van der Waals surface area contributed by atoms with E-state index in [1.54, 1.807) is 20.8 Å². The van der Waals surface area contributed by atoms with Gasteiger partial charge >= 0.3 is 5.69 Å². The van der Waals surface area contributed by atoms with Crippen molar-refractivity contribution >= 4 is 23.3 Å². The number of hydrogen-bond donors (Lipinski definition) is 3. The second-order valence-corrected chi connectivity index (χ2v) is 6.66. The van der Waals surface area contributed by atoms with Crippen molar-refractivity contribution in [2.24, 2.45) is 0 Å². The van der Waals surface area contributed by atoms with Gasteiger partial charge in [0.05, 0.1) is 6.54 Å². The first kappa shape index (κ1) is 21.8. The number of aryl methyl sites for hydroxylation is 1. The van der Waals surface area contributed by atoms with Crippen molar-refractivity contribution in [1.82, 2.24) is 9.55 Å². The molecule has 0 saturated carbocycles. The Balaban J connectivity index is 2.32. The summed E-state index contributed by atoms with van der Waals surface area (Å²) < 4.78 is 6.74. The lowest BCUT2D eigenvalue weighted by molar-refractivity contribution is -0.115. The molecule has 0 atom stereocenters. The van der Waals surface area contributed by atoms with E-state index in [-0.39, 0.29) is 29.5 Å². The summed E-state index contributed by atoms with van der Waals surface area (Å²) in [7, 11) is 0. The molecule has 4 N–H and O–H groups in total. The fourth-order valence-electron chi connectivity index (χ4n) is 2.96. The van der Waals surface area contributed by atoms with Crippen LogP contribution in [0.15, 0.2) is 14.0 Å². The molecule has 2 rings (SSSR count). The average Bonchev–Trinajstić information content (AvgIpc) is 2.93. The van der Waals surface area contributed by atoms with E-state index in [1.807, 2.05) is 13.0 Å². The molecule has 2 aromatic rings. The molecule has 0 aliphatic heterocycles. The Kier molecular flexibility index (Phi) is 6.88. The number of amides is 1. The van der Waals surface area contributed by atoms with Gasteiger partial charge in [0, 0.05) is 18.7 Å². The summed E-state index contributed by atoms with van der Waals surface area (Å²) in [6.45, 7) is 7.62. The normalized spacial score (nSPS) is 10.6. The molecular weight excluding hydrogens is 376 g/mol. The van der Waals surface area contributed by atoms with Gasteiger partial charge in [-0.15, -0.1) is 0 Å². The van der Waals surface area contributed by atoms with Crippen molar-refractivity contribution in [3.05, 3.63) is 37.7 Å². The predicted octanol–water partition coefficient (Wildman–Crippen LogP) is 1.47. The Morgan fingerprint density at radius 1 is 1.34 bits per heavy atom. The lowest BCUT2D eigenvalue weighted by atomic mass is 10.2. The number of aromatic nitrogens is 2. The molecule has 1 amide bonds. The van der Waals surface area contributed by atoms with E-state index in [0.29, 0.717) is 24.4 Å². The summed E-state index contributed by atoms with van der Waals surface area (Å²) in [5, 5.41) is 11.8. The van der Waals surface area contributed by atoms with Gasteiger partial charge in [0.25, 0.3) is 5.56 Å². The van der Waals surface area contributed by atoms with Gasteiger partial charge in [-0.05, 0) is 27.2 Å². The highest BCUT2D eigenvalue weighted by molar-refractivity contribution is 5.94. The topological polar surface area (TPSA) is 150 Å². The maximum absolute atomic E-state index is 12.5. The van der Waals surface area contributed by atoms with E-state index in [2.05, 4.69) is 10.3 Å². The molecule has 0 fully saturated rings. The number of nitrogen functional groups attached to an aromatic ring is 1. The first-order valence-electron chi connectivity index (χ1n) is 9.42. The van der Waals surface area contributed by atoms with Gasteiger partial charge < -0.3 is 15.1 Å². The van der Waals surface area contributed by atoms with Crippen LogP contribution in [0.2, 0.25) is 0 Å². The third-order valence-electron chi connectivity index (χ3n) is 4.73. The number of H-pyrrole nitrogens is 1. The van der Waals surface area contributed by atoms with Gasteiger partial charge in [-0.3, -0.25) is 24.5 Å². The van der Waals surface area contributed by atoms with Crippen LogP contribution in [0.3, 0.4) is 0 Å². The first-order chi connectivity index (χ1) is 13.7. The molecule has 0 aliphatic rings. The number of aromatic amines is 1.